The highest BCUT2D eigenvalue weighted by atomic mass is 35.5. The van der Waals surface area contributed by atoms with Gasteiger partial charge < -0.3 is 10.3 Å². The molecule has 2 rings (SSSR count). The number of halogens is 1. The van der Waals surface area contributed by atoms with Gasteiger partial charge in [0.05, 0.1) is 6.04 Å². The molecule has 0 radical (unpaired) electrons. The highest BCUT2D eigenvalue weighted by molar-refractivity contribution is 7.99. The Balaban J connectivity index is 1.98. The van der Waals surface area contributed by atoms with Crippen LogP contribution >= 0.6 is 23.4 Å². The second-order valence-electron chi connectivity index (χ2n) is 3.95. The topological polar surface area (TPSA) is 43.8 Å². The van der Waals surface area contributed by atoms with Gasteiger partial charge in [0, 0.05) is 34.6 Å². The Morgan fingerprint density at radius 1 is 1.50 bits per heavy atom. The third kappa shape index (κ3) is 3.28. The summed E-state index contributed by atoms with van der Waals surface area (Å²) in [7, 11) is 0. The Bertz CT molecular complexity index is 512. The summed E-state index contributed by atoms with van der Waals surface area (Å²) in [6.07, 6.45) is 3.75. The van der Waals surface area contributed by atoms with Crippen LogP contribution in [0.5, 0.6) is 0 Å². The molecular weight excluding hydrogens is 266 g/mol. The van der Waals surface area contributed by atoms with E-state index in [1.165, 1.54) is 0 Å². The second-order valence-corrected chi connectivity index (χ2v) is 5.48. The van der Waals surface area contributed by atoms with E-state index in [1.807, 2.05) is 30.5 Å². The van der Waals surface area contributed by atoms with Crippen molar-refractivity contribution in [1.29, 1.82) is 0 Å². The first-order valence-corrected chi connectivity index (χ1v) is 7.22. The molecule has 2 N–H and O–H groups in total. The quantitative estimate of drug-likeness (QED) is 0.855. The van der Waals surface area contributed by atoms with Crippen molar-refractivity contribution in [1.82, 2.24) is 9.55 Å². The smallest absolute Gasteiger partial charge is 0.126 e. The molecule has 0 aliphatic rings. The number of hydrogen-bond acceptors (Lipinski definition) is 3. The van der Waals surface area contributed by atoms with Crippen LogP contribution in [-0.2, 0) is 6.54 Å². The van der Waals surface area contributed by atoms with E-state index >= 15 is 0 Å². The molecule has 0 bridgehead atoms. The molecule has 1 heterocycles. The maximum absolute atomic E-state index is 6.16. The summed E-state index contributed by atoms with van der Waals surface area (Å²) in [5, 5.41) is 0.753. The predicted octanol–water partition coefficient (Wildman–Crippen LogP) is 3.35. The van der Waals surface area contributed by atoms with E-state index in [9.17, 15) is 0 Å². The number of nitrogens with zero attached hydrogens (tertiary/aromatic N) is 2. The molecular formula is C13H16ClN3S. The number of aromatic nitrogens is 2. The SMILES string of the molecule is CCn1ccnc1C(N)CSc1cccc(Cl)c1. The van der Waals surface area contributed by atoms with Crippen molar-refractivity contribution in [3.8, 4) is 0 Å². The van der Waals surface area contributed by atoms with Crippen LogP contribution < -0.4 is 5.73 Å². The molecule has 5 heteroatoms. The van der Waals surface area contributed by atoms with Gasteiger partial charge in [0.25, 0.3) is 0 Å². The first-order valence-electron chi connectivity index (χ1n) is 5.85. The minimum absolute atomic E-state index is 0.0658. The van der Waals surface area contributed by atoms with Gasteiger partial charge in [0.15, 0.2) is 0 Å². The lowest BCUT2D eigenvalue weighted by molar-refractivity contribution is 0.642. The van der Waals surface area contributed by atoms with Gasteiger partial charge in [-0.1, -0.05) is 17.7 Å². The average molecular weight is 282 g/mol. The number of nitrogens with two attached hydrogens (primary N) is 1. The summed E-state index contributed by atoms with van der Waals surface area (Å²) in [4.78, 5) is 5.45. The lowest BCUT2D eigenvalue weighted by Gasteiger charge is -2.12. The largest absolute Gasteiger partial charge is 0.334 e. The van der Waals surface area contributed by atoms with E-state index in [-0.39, 0.29) is 6.04 Å². The highest BCUT2D eigenvalue weighted by Gasteiger charge is 2.12. The van der Waals surface area contributed by atoms with Crippen molar-refractivity contribution in [2.45, 2.75) is 24.4 Å². The molecule has 18 heavy (non-hydrogen) atoms. The van der Waals surface area contributed by atoms with Crippen LogP contribution in [0.25, 0.3) is 0 Å². The lowest BCUT2D eigenvalue weighted by Crippen LogP contribution is -2.18. The zero-order valence-corrected chi connectivity index (χ0v) is 11.8. The molecule has 1 atom stereocenters. The number of rotatable bonds is 5. The second kappa shape index (κ2) is 6.27. The fourth-order valence-electron chi connectivity index (χ4n) is 1.73. The standard InChI is InChI=1S/C13H16ClN3S/c1-2-17-7-6-16-13(17)12(15)9-18-11-5-3-4-10(14)8-11/h3-8,12H,2,9,15H2,1H3. The lowest BCUT2D eigenvalue weighted by atomic mass is 10.3. The number of aryl methyl sites for hydroxylation is 1. The van der Waals surface area contributed by atoms with Crippen molar-refractivity contribution in [2.24, 2.45) is 5.73 Å². The molecule has 0 aliphatic carbocycles. The molecule has 0 amide bonds. The zero-order valence-electron chi connectivity index (χ0n) is 10.2. The molecule has 1 aromatic carbocycles. The van der Waals surface area contributed by atoms with E-state index < -0.39 is 0 Å². The molecule has 0 spiro atoms. The fraction of sp³-hybridized carbons (Fsp3) is 0.308. The summed E-state index contributed by atoms with van der Waals surface area (Å²) in [6, 6.07) is 7.74. The van der Waals surface area contributed by atoms with Crippen LogP contribution in [-0.4, -0.2) is 15.3 Å². The minimum Gasteiger partial charge on any atom is -0.334 e. The van der Waals surface area contributed by atoms with Gasteiger partial charge in [0.2, 0.25) is 0 Å². The predicted molar refractivity (Wildman–Crippen MR) is 77.0 cm³/mol. The average Bonchev–Trinajstić information content (AvgIpc) is 2.84. The maximum Gasteiger partial charge on any atom is 0.126 e. The van der Waals surface area contributed by atoms with Crippen molar-refractivity contribution in [2.75, 3.05) is 5.75 Å². The normalized spacial score (nSPS) is 12.6. The van der Waals surface area contributed by atoms with Crippen molar-refractivity contribution >= 4 is 23.4 Å². The minimum atomic E-state index is -0.0658. The number of benzene rings is 1. The van der Waals surface area contributed by atoms with Crippen LogP contribution in [0.3, 0.4) is 0 Å². The summed E-state index contributed by atoms with van der Waals surface area (Å²) in [5.74, 6) is 1.73. The van der Waals surface area contributed by atoms with E-state index in [1.54, 1.807) is 18.0 Å². The Kier molecular flexibility index (Phi) is 4.69. The molecule has 3 nitrogen and oxygen atoms in total. The Labute approximate surface area is 116 Å². The van der Waals surface area contributed by atoms with E-state index in [4.69, 9.17) is 17.3 Å². The number of imidazole rings is 1. The Morgan fingerprint density at radius 2 is 2.33 bits per heavy atom. The molecule has 1 aromatic heterocycles. The van der Waals surface area contributed by atoms with E-state index in [2.05, 4.69) is 16.5 Å². The Morgan fingerprint density at radius 3 is 3.06 bits per heavy atom. The number of thioether (sulfide) groups is 1. The van der Waals surface area contributed by atoms with Gasteiger partial charge in [-0.3, -0.25) is 0 Å². The van der Waals surface area contributed by atoms with Gasteiger partial charge >= 0.3 is 0 Å². The first-order chi connectivity index (χ1) is 8.70. The monoisotopic (exact) mass is 281 g/mol. The van der Waals surface area contributed by atoms with E-state index in [0.29, 0.717) is 0 Å². The molecule has 0 aliphatic heterocycles. The van der Waals surface area contributed by atoms with Crippen LogP contribution in [0.15, 0.2) is 41.6 Å². The summed E-state index contributed by atoms with van der Waals surface area (Å²) in [5.41, 5.74) is 6.16. The third-order valence-electron chi connectivity index (χ3n) is 2.65. The first kappa shape index (κ1) is 13.5. The highest BCUT2D eigenvalue weighted by Crippen LogP contribution is 2.25. The zero-order chi connectivity index (χ0) is 13.0. The Hall–Kier alpha value is -0.970. The van der Waals surface area contributed by atoms with Crippen molar-refractivity contribution in [3.05, 3.63) is 47.5 Å². The van der Waals surface area contributed by atoms with Crippen LogP contribution in [0.4, 0.5) is 0 Å². The molecule has 1 unspecified atom stereocenters. The van der Waals surface area contributed by atoms with Gasteiger partial charge in [-0.05, 0) is 25.1 Å². The number of hydrogen-bond donors (Lipinski definition) is 1. The van der Waals surface area contributed by atoms with E-state index in [0.717, 1.165) is 28.0 Å². The maximum atomic E-state index is 6.16. The molecule has 0 fully saturated rings. The molecule has 2 aromatic rings. The van der Waals surface area contributed by atoms with Crippen LogP contribution in [0.2, 0.25) is 5.02 Å². The summed E-state index contributed by atoms with van der Waals surface area (Å²) in [6.45, 7) is 2.98. The summed E-state index contributed by atoms with van der Waals surface area (Å²) < 4.78 is 2.07. The van der Waals surface area contributed by atoms with Crippen LogP contribution in [0.1, 0.15) is 18.8 Å². The summed E-state index contributed by atoms with van der Waals surface area (Å²) >= 11 is 7.64. The van der Waals surface area contributed by atoms with Gasteiger partial charge in [0.1, 0.15) is 5.82 Å². The van der Waals surface area contributed by atoms with Crippen molar-refractivity contribution < 1.29 is 0 Å². The van der Waals surface area contributed by atoms with Gasteiger partial charge in [-0.25, -0.2) is 4.98 Å². The van der Waals surface area contributed by atoms with Gasteiger partial charge in [-0.15, -0.1) is 11.8 Å². The van der Waals surface area contributed by atoms with Crippen LogP contribution in [0, 0.1) is 0 Å². The molecule has 96 valence electrons. The molecule has 0 saturated carbocycles. The third-order valence-corrected chi connectivity index (χ3v) is 3.99. The van der Waals surface area contributed by atoms with Crippen molar-refractivity contribution in [3.63, 3.8) is 0 Å². The molecule has 0 saturated heterocycles. The van der Waals surface area contributed by atoms with Gasteiger partial charge in [-0.2, -0.15) is 0 Å². The fourth-order valence-corrected chi connectivity index (χ4v) is 2.90.